The van der Waals surface area contributed by atoms with Crippen LogP contribution in [-0.4, -0.2) is 18.8 Å². The van der Waals surface area contributed by atoms with Crippen LogP contribution < -0.4 is 10.5 Å². The smallest absolute Gasteiger partial charge is 0.131 e. The van der Waals surface area contributed by atoms with E-state index >= 15 is 0 Å². The molecule has 0 aliphatic carbocycles. The molecule has 0 radical (unpaired) electrons. The van der Waals surface area contributed by atoms with Crippen LogP contribution in [0.5, 0.6) is 5.75 Å². The maximum Gasteiger partial charge on any atom is 0.131 e. The standard InChI is InChI=1S/C9H12FNO2/c1-13-8-4-2-3-6(10)9(8)7(11)5-12/h2-4,7,12H,5,11H2,1H3. The van der Waals surface area contributed by atoms with Crippen LogP contribution in [-0.2, 0) is 0 Å². The average Bonchev–Trinajstić information content (AvgIpc) is 2.16. The fourth-order valence-electron chi connectivity index (χ4n) is 1.15. The monoisotopic (exact) mass is 185 g/mol. The van der Waals surface area contributed by atoms with Gasteiger partial charge < -0.3 is 15.6 Å². The number of halogens is 1. The second-order valence-electron chi connectivity index (χ2n) is 2.64. The molecule has 1 rings (SSSR count). The summed E-state index contributed by atoms with van der Waals surface area (Å²) in [6, 6.07) is 3.68. The molecule has 0 spiro atoms. The lowest BCUT2D eigenvalue weighted by atomic mass is 10.1. The number of rotatable bonds is 3. The summed E-state index contributed by atoms with van der Waals surface area (Å²) in [6.45, 7) is -0.308. The summed E-state index contributed by atoms with van der Waals surface area (Å²) >= 11 is 0. The van der Waals surface area contributed by atoms with E-state index in [0.29, 0.717) is 5.75 Å². The zero-order valence-corrected chi connectivity index (χ0v) is 7.33. The Kier molecular flexibility index (Phi) is 3.22. The molecule has 0 fully saturated rings. The average molecular weight is 185 g/mol. The second kappa shape index (κ2) is 4.20. The Labute approximate surface area is 75.9 Å². The van der Waals surface area contributed by atoms with Gasteiger partial charge in [0.2, 0.25) is 0 Å². The van der Waals surface area contributed by atoms with E-state index in [1.807, 2.05) is 0 Å². The Morgan fingerprint density at radius 3 is 2.85 bits per heavy atom. The van der Waals surface area contributed by atoms with E-state index in [1.165, 1.54) is 19.2 Å². The maximum absolute atomic E-state index is 13.2. The SMILES string of the molecule is COc1cccc(F)c1C(N)CO. The summed E-state index contributed by atoms with van der Waals surface area (Å²) in [5.41, 5.74) is 5.72. The second-order valence-corrected chi connectivity index (χ2v) is 2.64. The largest absolute Gasteiger partial charge is 0.496 e. The first-order valence-electron chi connectivity index (χ1n) is 3.89. The van der Waals surface area contributed by atoms with E-state index < -0.39 is 11.9 Å². The summed E-state index contributed by atoms with van der Waals surface area (Å²) in [5.74, 6) is -0.0950. The van der Waals surface area contributed by atoms with Crippen LogP contribution in [0.25, 0.3) is 0 Å². The molecule has 3 N–H and O–H groups in total. The van der Waals surface area contributed by atoms with Crippen molar-refractivity contribution in [2.24, 2.45) is 5.73 Å². The number of hydrogen-bond acceptors (Lipinski definition) is 3. The molecule has 13 heavy (non-hydrogen) atoms. The van der Waals surface area contributed by atoms with Crippen molar-refractivity contribution in [1.82, 2.24) is 0 Å². The third kappa shape index (κ3) is 1.96. The van der Waals surface area contributed by atoms with Crippen molar-refractivity contribution in [3.63, 3.8) is 0 Å². The highest BCUT2D eigenvalue weighted by atomic mass is 19.1. The highest BCUT2D eigenvalue weighted by Gasteiger charge is 2.15. The molecule has 0 amide bonds. The number of methoxy groups -OCH3 is 1. The van der Waals surface area contributed by atoms with Gasteiger partial charge in [-0.3, -0.25) is 0 Å². The topological polar surface area (TPSA) is 55.5 Å². The third-order valence-corrected chi connectivity index (χ3v) is 1.80. The number of ether oxygens (including phenoxy) is 1. The van der Waals surface area contributed by atoms with Crippen LogP contribution in [0.4, 0.5) is 4.39 Å². The highest BCUT2D eigenvalue weighted by Crippen LogP contribution is 2.25. The van der Waals surface area contributed by atoms with E-state index in [4.69, 9.17) is 15.6 Å². The summed E-state index contributed by atoms with van der Waals surface area (Å²) in [7, 11) is 1.43. The highest BCUT2D eigenvalue weighted by molar-refractivity contribution is 5.37. The van der Waals surface area contributed by atoms with Gasteiger partial charge in [-0.2, -0.15) is 0 Å². The van der Waals surface area contributed by atoms with Gasteiger partial charge in [0.1, 0.15) is 11.6 Å². The van der Waals surface area contributed by atoms with E-state index in [0.717, 1.165) is 0 Å². The first kappa shape index (κ1) is 9.95. The third-order valence-electron chi connectivity index (χ3n) is 1.80. The van der Waals surface area contributed by atoms with E-state index in [-0.39, 0.29) is 12.2 Å². The molecule has 0 saturated carbocycles. The molecule has 0 bridgehead atoms. The summed E-state index contributed by atoms with van der Waals surface area (Å²) in [6.07, 6.45) is 0. The normalized spacial score (nSPS) is 12.6. The quantitative estimate of drug-likeness (QED) is 0.733. The molecule has 0 heterocycles. The van der Waals surface area contributed by atoms with Gasteiger partial charge in [0.15, 0.2) is 0 Å². The van der Waals surface area contributed by atoms with E-state index in [1.54, 1.807) is 6.07 Å². The molecule has 0 saturated heterocycles. The number of nitrogens with two attached hydrogens (primary N) is 1. The van der Waals surface area contributed by atoms with Gasteiger partial charge in [-0.1, -0.05) is 6.07 Å². The first-order valence-corrected chi connectivity index (χ1v) is 3.89. The lowest BCUT2D eigenvalue weighted by molar-refractivity contribution is 0.261. The minimum Gasteiger partial charge on any atom is -0.496 e. The van der Waals surface area contributed by atoms with Crippen molar-refractivity contribution in [1.29, 1.82) is 0 Å². The summed E-state index contributed by atoms with van der Waals surface area (Å²) < 4.78 is 18.1. The predicted octanol–water partition coefficient (Wildman–Crippen LogP) is 0.826. The van der Waals surface area contributed by atoms with Crippen LogP contribution >= 0.6 is 0 Å². The van der Waals surface area contributed by atoms with Gasteiger partial charge in [0.05, 0.1) is 19.8 Å². The number of aliphatic hydroxyl groups excluding tert-OH is 1. The fourth-order valence-corrected chi connectivity index (χ4v) is 1.15. The van der Waals surface area contributed by atoms with Gasteiger partial charge in [-0.05, 0) is 12.1 Å². The van der Waals surface area contributed by atoms with Crippen molar-refractivity contribution in [2.75, 3.05) is 13.7 Å². The lowest BCUT2D eigenvalue weighted by Gasteiger charge is -2.13. The van der Waals surface area contributed by atoms with Gasteiger partial charge in [0, 0.05) is 5.56 Å². The Hall–Kier alpha value is -1.13. The molecule has 1 unspecified atom stereocenters. The van der Waals surface area contributed by atoms with Crippen LogP contribution in [0.3, 0.4) is 0 Å². The Morgan fingerprint density at radius 1 is 1.62 bits per heavy atom. The minimum atomic E-state index is -0.740. The number of aliphatic hydroxyl groups is 1. The van der Waals surface area contributed by atoms with Crippen LogP contribution in [0, 0.1) is 5.82 Å². The Morgan fingerprint density at radius 2 is 2.31 bits per heavy atom. The summed E-state index contributed by atoms with van der Waals surface area (Å²) in [4.78, 5) is 0. The van der Waals surface area contributed by atoms with Crippen LogP contribution in [0.2, 0.25) is 0 Å². The van der Waals surface area contributed by atoms with Crippen molar-refractivity contribution in [3.8, 4) is 5.75 Å². The Balaban J connectivity index is 3.14. The van der Waals surface area contributed by atoms with Crippen LogP contribution in [0.1, 0.15) is 11.6 Å². The van der Waals surface area contributed by atoms with Crippen LogP contribution in [0.15, 0.2) is 18.2 Å². The molecular formula is C9H12FNO2. The van der Waals surface area contributed by atoms with E-state index in [2.05, 4.69) is 0 Å². The predicted molar refractivity (Wildman–Crippen MR) is 47.0 cm³/mol. The zero-order chi connectivity index (χ0) is 9.84. The van der Waals surface area contributed by atoms with Gasteiger partial charge >= 0.3 is 0 Å². The molecule has 1 atom stereocenters. The number of hydrogen-bond donors (Lipinski definition) is 2. The van der Waals surface area contributed by atoms with Gasteiger partial charge in [0.25, 0.3) is 0 Å². The molecular weight excluding hydrogens is 173 g/mol. The minimum absolute atomic E-state index is 0.215. The van der Waals surface area contributed by atoms with Crippen molar-refractivity contribution >= 4 is 0 Å². The van der Waals surface area contributed by atoms with Crippen molar-refractivity contribution in [3.05, 3.63) is 29.6 Å². The molecule has 72 valence electrons. The lowest BCUT2D eigenvalue weighted by Crippen LogP contribution is -2.17. The van der Waals surface area contributed by atoms with E-state index in [9.17, 15) is 4.39 Å². The molecule has 1 aromatic rings. The van der Waals surface area contributed by atoms with Gasteiger partial charge in [-0.15, -0.1) is 0 Å². The molecule has 4 heteroatoms. The van der Waals surface area contributed by atoms with Crippen molar-refractivity contribution in [2.45, 2.75) is 6.04 Å². The van der Waals surface area contributed by atoms with Gasteiger partial charge in [-0.25, -0.2) is 4.39 Å². The molecule has 3 nitrogen and oxygen atoms in total. The fraction of sp³-hybridized carbons (Fsp3) is 0.333. The maximum atomic E-state index is 13.2. The zero-order valence-electron chi connectivity index (χ0n) is 7.33. The molecule has 0 aromatic heterocycles. The molecule has 0 aliphatic heterocycles. The first-order chi connectivity index (χ1) is 6.20. The number of benzene rings is 1. The molecule has 1 aromatic carbocycles. The Bertz CT molecular complexity index is 291. The summed E-state index contributed by atoms with van der Waals surface area (Å²) in [5, 5.41) is 8.79. The van der Waals surface area contributed by atoms with Crippen molar-refractivity contribution < 1.29 is 14.2 Å². The molecule has 0 aliphatic rings.